The van der Waals surface area contributed by atoms with E-state index in [1.165, 1.54) is 0 Å². The standard InChI is InChI=1S/C18H16N6O2/c1-24-15-9-13(10-20-14(15)11-21-24)18(25)19-8-7-16-22-17(23-26-16)12-5-3-2-4-6-12/h2-6,9-11H,7-8H2,1H3,(H,19,25). The fourth-order valence-electron chi connectivity index (χ4n) is 2.60. The lowest BCUT2D eigenvalue weighted by atomic mass is 10.2. The normalized spacial score (nSPS) is 11.0. The number of pyridine rings is 1. The number of carbonyl (C=O) groups excluding carboxylic acids is 1. The number of amides is 1. The molecule has 0 atom stereocenters. The third-order valence-electron chi connectivity index (χ3n) is 3.99. The van der Waals surface area contributed by atoms with Crippen molar-refractivity contribution in [3.63, 3.8) is 0 Å². The molecule has 3 heterocycles. The van der Waals surface area contributed by atoms with Crippen molar-refractivity contribution in [2.24, 2.45) is 7.05 Å². The number of hydrogen-bond donors (Lipinski definition) is 1. The van der Waals surface area contributed by atoms with Crippen molar-refractivity contribution in [3.8, 4) is 11.4 Å². The zero-order valence-corrected chi connectivity index (χ0v) is 14.1. The summed E-state index contributed by atoms with van der Waals surface area (Å²) in [5.41, 5.74) is 2.93. The maximum atomic E-state index is 12.3. The van der Waals surface area contributed by atoms with E-state index in [1.54, 1.807) is 23.1 Å². The lowest BCUT2D eigenvalue weighted by Crippen LogP contribution is -2.25. The Balaban J connectivity index is 1.37. The molecule has 0 aliphatic heterocycles. The van der Waals surface area contributed by atoms with Gasteiger partial charge in [-0.1, -0.05) is 35.5 Å². The average Bonchev–Trinajstić information content (AvgIpc) is 3.29. The van der Waals surface area contributed by atoms with E-state index in [4.69, 9.17) is 4.52 Å². The fraction of sp³-hybridized carbons (Fsp3) is 0.167. The molecule has 0 aliphatic rings. The van der Waals surface area contributed by atoms with Crippen molar-refractivity contribution in [3.05, 3.63) is 60.2 Å². The quantitative estimate of drug-likeness (QED) is 0.592. The maximum absolute atomic E-state index is 12.3. The summed E-state index contributed by atoms with van der Waals surface area (Å²) in [6.45, 7) is 0.388. The smallest absolute Gasteiger partial charge is 0.252 e. The van der Waals surface area contributed by atoms with Gasteiger partial charge in [0.2, 0.25) is 11.7 Å². The molecule has 3 aromatic heterocycles. The van der Waals surface area contributed by atoms with Crippen molar-refractivity contribution >= 4 is 16.9 Å². The van der Waals surface area contributed by atoms with E-state index in [0.717, 1.165) is 16.6 Å². The molecule has 1 N–H and O–H groups in total. The first kappa shape index (κ1) is 15.9. The van der Waals surface area contributed by atoms with Crippen LogP contribution >= 0.6 is 0 Å². The summed E-state index contributed by atoms with van der Waals surface area (Å²) in [4.78, 5) is 20.9. The summed E-state index contributed by atoms with van der Waals surface area (Å²) in [6.07, 6.45) is 3.66. The Labute approximate surface area is 148 Å². The lowest BCUT2D eigenvalue weighted by Gasteiger charge is -2.03. The Hall–Kier alpha value is -3.55. The van der Waals surface area contributed by atoms with Gasteiger partial charge in [0, 0.05) is 31.8 Å². The van der Waals surface area contributed by atoms with Crippen LogP contribution < -0.4 is 5.32 Å². The number of rotatable bonds is 5. The van der Waals surface area contributed by atoms with Gasteiger partial charge in [-0.15, -0.1) is 0 Å². The van der Waals surface area contributed by atoms with Crippen LogP contribution in [-0.2, 0) is 13.5 Å². The van der Waals surface area contributed by atoms with Crippen LogP contribution in [0.5, 0.6) is 0 Å². The van der Waals surface area contributed by atoms with Crippen molar-refractivity contribution in [1.29, 1.82) is 0 Å². The summed E-state index contributed by atoms with van der Waals surface area (Å²) in [5, 5.41) is 10.9. The molecule has 0 bridgehead atoms. The highest BCUT2D eigenvalue weighted by atomic mass is 16.5. The summed E-state index contributed by atoms with van der Waals surface area (Å²) in [7, 11) is 1.81. The molecular formula is C18H16N6O2. The van der Waals surface area contributed by atoms with E-state index in [1.807, 2.05) is 37.4 Å². The third kappa shape index (κ3) is 3.16. The van der Waals surface area contributed by atoms with Gasteiger partial charge in [0.05, 0.1) is 17.3 Å². The van der Waals surface area contributed by atoms with Crippen LogP contribution in [0.15, 0.2) is 53.3 Å². The first-order valence-corrected chi connectivity index (χ1v) is 8.14. The molecule has 0 unspecified atom stereocenters. The van der Waals surface area contributed by atoms with Gasteiger partial charge in [-0.25, -0.2) is 0 Å². The fourth-order valence-corrected chi connectivity index (χ4v) is 2.60. The zero-order valence-electron chi connectivity index (χ0n) is 14.1. The van der Waals surface area contributed by atoms with E-state index in [2.05, 4.69) is 25.5 Å². The molecule has 0 radical (unpaired) electrons. The molecule has 26 heavy (non-hydrogen) atoms. The molecule has 1 aromatic carbocycles. The monoisotopic (exact) mass is 348 g/mol. The number of aromatic nitrogens is 5. The number of benzene rings is 1. The second-order valence-corrected chi connectivity index (χ2v) is 5.78. The Morgan fingerprint density at radius 3 is 2.92 bits per heavy atom. The number of aryl methyl sites for hydroxylation is 1. The summed E-state index contributed by atoms with van der Waals surface area (Å²) in [5.74, 6) is 0.811. The Kier molecular flexibility index (Phi) is 4.14. The lowest BCUT2D eigenvalue weighted by molar-refractivity contribution is 0.0953. The van der Waals surface area contributed by atoms with Crippen molar-refractivity contribution in [1.82, 2.24) is 30.2 Å². The molecule has 130 valence electrons. The Morgan fingerprint density at radius 2 is 2.08 bits per heavy atom. The van der Waals surface area contributed by atoms with Gasteiger partial charge >= 0.3 is 0 Å². The minimum atomic E-state index is -0.205. The van der Waals surface area contributed by atoms with Gasteiger partial charge in [0.25, 0.3) is 5.91 Å². The average molecular weight is 348 g/mol. The molecule has 0 spiro atoms. The largest absolute Gasteiger partial charge is 0.351 e. The number of fused-ring (bicyclic) bond motifs is 1. The van der Waals surface area contributed by atoms with Crippen molar-refractivity contribution in [2.75, 3.05) is 6.54 Å². The minimum Gasteiger partial charge on any atom is -0.351 e. The molecule has 1 amide bonds. The van der Waals surface area contributed by atoms with Crippen LogP contribution in [-0.4, -0.2) is 37.4 Å². The molecular weight excluding hydrogens is 332 g/mol. The molecule has 0 saturated carbocycles. The highest BCUT2D eigenvalue weighted by Gasteiger charge is 2.11. The van der Waals surface area contributed by atoms with Gasteiger partial charge < -0.3 is 9.84 Å². The number of nitrogens with zero attached hydrogens (tertiary/aromatic N) is 5. The maximum Gasteiger partial charge on any atom is 0.252 e. The van der Waals surface area contributed by atoms with Crippen molar-refractivity contribution < 1.29 is 9.32 Å². The third-order valence-corrected chi connectivity index (χ3v) is 3.99. The van der Waals surface area contributed by atoms with Gasteiger partial charge in [-0.05, 0) is 6.07 Å². The number of hydrogen-bond acceptors (Lipinski definition) is 6. The Bertz CT molecular complexity index is 1050. The first-order valence-electron chi connectivity index (χ1n) is 8.14. The van der Waals surface area contributed by atoms with E-state index < -0.39 is 0 Å². The molecule has 4 aromatic rings. The number of carbonyl (C=O) groups is 1. The van der Waals surface area contributed by atoms with Gasteiger partial charge in [-0.3, -0.25) is 14.5 Å². The summed E-state index contributed by atoms with van der Waals surface area (Å²) >= 11 is 0. The molecule has 4 rings (SSSR count). The van der Waals surface area contributed by atoms with Gasteiger partial charge in [0.15, 0.2) is 0 Å². The van der Waals surface area contributed by atoms with Crippen LogP contribution in [0.4, 0.5) is 0 Å². The summed E-state index contributed by atoms with van der Waals surface area (Å²) in [6, 6.07) is 11.4. The van der Waals surface area contributed by atoms with E-state index in [0.29, 0.717) is 30.2 Å². The Morgan fingerprint density at radius 1 is 1.23 bits per heavy atom. The SMILES string of the molecule is Cn1ncc2ncc(C(=O)NCCc3nc(-c4ccccc4)no3)cc21. The zero-order chi connectivity index (χ0) is 17.9. The number of nitrogens with one attached hydrogen (secondary N) is 1. The van der Waals surface area contributed by atoms with Crippen LogP contribution in [0.3, 0.4) is 0 Å². The molecule has 8 heteroatoms. The second kappa shape index (κ2) is 6.75. The van der Waals surface area contributed by atoms with E-state index in [-0.39, 0.29) is 5.91 Å². The van der Waals surface area contributed by atoms with E-state index >= 15 is 0 Å². The minimum absolute atomic E-state index is 0.205. The molecule has 0 aliphatic carbocycles. The van der Waals surface area contributed by atoms with Gasteiger partial charge in [0.1, 0.15) is 5.52 Å². The first-order chi connectivity index (χ1) is 12.7. The van der Waals surface area contributed by atoms with Crippen LogP contribution in [0.2, 0.25) is 0 Å². The van der Waals surface area contributed by atoms with Crippen LogP contribution in [0.25, 0.3) is 22.4 Å². The summed E-state index contributed by atoms with van der Waals surface area (Å²) < 4.78 is 6.92. The van der Waals surface area contributed by atoms with Gasteiger partial charge in [-0.2, -0.15) is 10.1 Å². The molecule has 8 nitrogen and oxygen atoms in total. The highest BCUT2D eigenvalue weighted by molar-refractivity contribution is 5.96. The van der Waals surface area contributed by atoms with E-state index in [9.17, 15) is 4.79 Å². The second-order valence-electron chi connectivity index (χ2n) is 5.78. The van der Waals surface area contributed by atoms with Crippen LogP contribution in [0.1, 0.15) is 16.2 Å². The topological polar surface area (TPSA) is 98.7 Å². The van der Waals surface area contributed by atoms with Crippen LogP contribution in [0, 0.1) is 0 Å². The van der Waals surface area contributed by atoms with Crippen molar-refractivity contribution in [2.45, 2.75) is 6.42 Å². The predicted octanol–water partition coefficient (Wildman–Crippen LogP) is 1.99. The highest BCUT2D eigenvalue weighted by Crippen LogP contribution is 2.15. The predicted molar refractivity (Wildman–Crippen MR) is 94.3 cm³/mol. The molecule has 0 fully saturated rings. The molecule has 0 saturated heterocycles.